The molecule has 2 aromatic heterocycles. The largest absolute Gasteiger partial charge is 0.459 e. The number of tetrazole rings is 1. The Balaban J connectivity index is 1.64. The van der Waals surface area contributed by atoms with E-state index in [1.807, 2.05) is 36.4 Å². The second-order valence-corrected chi connectivity index (χ2v) is 5.28. The van der Waals surface area contributed by atoms with Crippen molar-refractivity contribution in [2.45, 2.75) is 26.4 Å². The lowest BCUT2D eigenvalue weighted by Gasteiger charge is -1.99. The molecule has 0 radical (unpaired) electrons. The summed E-state index contributed by atoms with van der Waals surface area (Å²) in [7, 11) is 0. The van der Waals surface area contributed by atoms with Gasteiger partial charge in [0.15, 0.2) is 0 Å². The maximum absolute atomic E-state index is 5.99. The molecule has 1 N–H and O–H groups in total. The summed E-state index contributed by atoms with van der Waals surface area (Å²) in [6.45, 7) is 3.32. The number of halogens is 1. The minimum Gasteiger partial charge on any atom is -0.459 e. The van der Waals surface area contributed by atoms with Crippen LogP contribution in [0.15, 0.2) is 40.8 Å². The molecule has 2 heterocycles. The van der Waals surface area contributed by atoms with E-state index < -0.39 is 0 Å². The van der Waals surface area contributed by atoms with Crippen LogP contribution in [0.5, 0.6) is 0 Å². The second kappa shape index (κ2) is 6.62. The van der Waals surface area contributed by atoms with Gasteiger partial charge < -0.3 is 9.73 Å². The molecule has 7 heteroatoms. The molecule has 0 spiro atoms. The van der Waals surface area contributed by atoms with Gasteiger partial charge in [0.1, 0.15) is 11.5 Å². The number of nitrogens with zero attached hydrogens (tertiary/aromatic N) is 4. The SMILES string of the molecule is CCCn1nnc(NCc2ccc(-c3cccc(Cl)c3)o2)n1. The summed E-state index contributed by atoms with van der Waals surface area (Å²) in [6.07, 6.45) is 0.969. The molecular weight excluding hydrogens is 302 g/mol. The highest BCUT2D eigenvalue weighted by molar-refractivity contribution is 6.30. The third-order valence-electron chi connectivity index (χ3n) is 3.07. The molecule has 114 valence electrons. The van der Waals surface area contributed by atoms with E-state index in [1.54, 1.807) is 4.80 Å². The van der Waals surface area contributed by atoms with Crippen molar-refractivity contribution in [3.63, 3.8) is 0 Å². The summed E-state index contributed by atoms with van der Waals surface area (Å²) in [5.41, 5.74) is 0.950. The number of aryl methyl sites for hydroxylation is 1. The first-order chi connectivity index (χ1) is 10.7. The molecule has 0 fully saturated rings. The van der Waals surface area contributed by atoms with E-state index in [0.717, 1.165) is 30.0 Å². The van der Waals surface area contributed by atoms with E-state index in [9.17, 15) is 0 Å². The van der Waals surface area contributed by atoms with Gasteiger partial charge in [-0.25, -0.2) is 0 Å². The zero-order valence-electron chi connectivity index (χ0n) is 12.2. The second-order valence-electron chi connectivity index (χ2n) is 4.84. The third kappa shape index (κ3) is 3.46. The van der Waals surface area contributed by atoms with Gasteiger partial charge in [-0.3, -0.25) is 0 Å². The van der Waals surface area contributed by atoms with Crippen LogP contribution in [0.2, 0.25) is 5.02 Å². The monoisotopic (exact) mass is 317 g/mol. The quantitative estimate of drug-likeness (QED) is 0.752. The van der Waals surface area contributed by atoms with E-state index in [-0.39, 0.29) is 0 Å². The number of hydrogen-bond acceptors (Lipinski definition) is 5. The van der Waals surface area contributed by atoms with Gasteiger partial charge in [-0.1, -0.05) is 35.8 Å². The highest BCUT2D eigenvalue weighted by Crippen LogP contribution is 2.24. The summed E-state index contributed by atoms with van der Waals surface area (Å²) >= 11 is 5.99. The van der Waals surface area contributed by atoms with E-state index >= 15 is 0 Å². The fourth-order valence-electron chi connectivity index (χ4n) is 2.04. The first-order valence-corrected chi connectivity index (χ1v) is 7.48. The van der Waals surface area contributed by atoms with Gasteiger partial charge in [-0.15, -0.1) is 5.10 Å². The van der Waals surface area contributed by atoms with Crippen LogP contribution in [0.1, 0.15) is 19.1 Å². The van der Waals surface area contributed by atoms with Crippen LogP contribution in [0.4, 0.5) is 5.95 Å². The first kappa shape index (κ1) is 14.6. The molecule has 0 aliphatic carbocycles. The smallest absolute Gasteiger partial charge is 0.263 e. The lowest BCUT2D eigenvalue weighted by molar-refractivity contribution is 0.514. The van der Waals surface area contributed by atoms with E-state index in [1.165, 1.54) is 0 Å². The molecule has 3 rings (SSSR count). The summed E-state index contributed by atoms with van der Waals surface area (Å²) in [5, 5.41) is 15.9. The van der Waals surface area contributed by atoms with Crippen LogP contribution in [0.25, 0.3) is 11.3 Å². The average molecular weight is 318 g/mol. The van der Waals surface area contributed by atoms with Gasteiger partial charge in [-0.05, 0) is 35.9 Å². The van der Waals surface area contributed by atoms with Crippen LogP contribution in [0, 0.1) is 0 Å². The first-order valence-electron chi connectivity index (χ1n) is 7.11. The standard InChI is InChI=1S/C15H16ClN5O/c1-2-8-21-19-15(18-20-21)17-10-13-6-7-14(22-13)11-4-3-5-12(16)9-11/h3-7,9H,2,8,10H2,1H3,(H,17,19). The summed E-state index contributed by atoms with van der Waals surface area (Å²) in [5.74, 6) is 2.07. The van der Waals surface area contributed by atoms with Crippen LogP contribution >= 0.6 is 11.6 Å². The Morgan fingerprint density at radius 1 is 1.27 bits per heavy atom. The maximum atomic E-state index is 5.99. The number of nitrogens with one attached hydrogen (secondary N) is 1. The number of aromatic nitrogens is 4. The Labute approximate surface area is 133 Å². The normalized spacial score (nSPS) is 10.8. The van der Waals surface area contributed by atoms with Crippen LogP contribution in [-0.4, -0.2) is 20.2 Å². The number of anilines is 1. The van der Waals surface area contributed by atoms with Crippen LogP contribution < -0.4 is 5.32 Å². The fraction of sp³-hybridized carbons (Fsp3) is 0.267. The topological polar surface area (TPSA) is 68.8 Å². The maximum Gasteiger partial charge on any atom is 0.263 e. The van der Waals surface area contributed by atoms with Gasteiger partial charge in [0.2, 0.25) is 0 Å². The number of benzene rings is 1. The molecule has 0 bridgehead atoms. The van der Waals surface area contributed by atoms with Crippen molar-refractivity contribution < 1.29 is 4.42 Å². The van der Waals surface area contributed by atoms with E-state index in [4.69, 9.17) is 16.0 Å². The molecule has 0 saturated heterocycles. The zero-order chi connectivity index (χ0) is 15.4. The fourth-order valence-corrected chi connectivity index (χ4v) is 2.24. The van der Waals surface area contributed by atoms with Crippen LogP contribution in [0.3, 0.4) is 0 Å². The van der Waals surface area contributed by atoms with Crippen molar-refractivity contribution in [3.05, 3.63) is 47.2 Å². The summed E-state index contributed by atoms with van der Waals surface area (Å²) in [6, 6.07) is 11.4. The van der Waals surface area contributed by atoms with Crippen LogP contribution in [-0.2, 0) is 13.1 Å². The van der Waals surface area contributed by atoms with Gasteiger partial charge in [0, 0.05) is 10.6 Å². The van der Waals surface area contributed by atoms with Crippen molar-refractivity contribution in [1.29, 1.82) is 0 Å². The summed E-state index contributed by atoms with van der Waals surface area (Å²) in [4.78, 5) is 1.57. The lowest BCUT2D eigenvalue weighted by Crippen LogP contribution is -2.03. The van der Waals surface area contributed by atoms with Crippen molar-refractivity contribution >= 4 is 17.5 Å². The predicted molar refractivity (Wildman–Crippen MR) is 84.6 cm³/mol. The lowest BCUT2D eigenvalue weighted by atomic mass is 10.2. The Kier molecular flexibility index (Phi) is 4.39. The molecule has 3 aromatic rings. The molecule has 0 unspecified atom stereocenters. The number of hydrogen-bond donors (Lipinski definition) is 1. The molecule has 22 heavy (non-hydrogen) atoms. The third-order valence-corrected chi connectivity index (χ3v) is 3.30. The van der Waals surface area contributed by atoms with Crippen molar-refractivity contribution in [2.75, 3.05) is 5.32 Å². The van der Waals surface area contributed by atoms with Gasteiger partial charge in [-0.2, -0.15) is 4.80 Å². The van der Waals surface area contributed by atoms with Crippen molar-refractivity contribution in [3.8, 4) is 11.3 Å². The Hall–Kier alpha value is -2.34. The van der Waals surface area contributed by atoms with E-state index in [2.05, 4.69) is 27.7 Å². The number of furan rings is 1. The minimum absolute atomic E-state index is 0.495. The molecule has 0 aliphatic heterocycles. The average Bonchev–Trinajstić information content (AvgIpc) is 3.15. The zero-order valence-corrected chi connectivity index (χ0v) is 12.9. The van der Waals surface area contributed by atoms with Gasteiger partial charge in [0.25, 0.3) is 5.95 Å². The Morgan fingerprint density at radius 3 is 3.00 bits per heavy atom. The molecule has 0 amide bonds. The van der Waals surface area contributed by atoms with E-state index in [0.29, 0.717) is 17.5 Å². The minimum atomic E-state index is 0.495. The molecule has 0 aliphatic rings. The Morgan fingerprint density at radius 2 is 2.18 bits per heavy atom. The van der Waals surface area contributed by atoms with Gasteiger partial charge >= 0.3 is 0 Å². The molecule has 0 saturated carbocycles. The van der Waals surface area contributed by atoms with Crippen molar-refractivity contribution in [1.82, 2.24) is 20.2 Å². The molecule has 0 atom stereocenters. The Bertz CT molecular complexity index is 752. The van der Waals surface area contributed by atoms with Crippen molar-refractivity contribution in [2.24, 2.45) is 0 Å². The molecule has 6 nitrogen and oxygen atoms in total. The molecular formula is C15H16ClN5O. The molecule has 1 aromatic carbocycles. The number of rotatable bonds is 6. The summed E-state index contributed by atoms with van der Waals surface area (Å²) < 4.78 is 5.80. The van der Waals surface area contributed by atoms with Gasteiger partial charge in [0.05, 0.1) is 13.1 Å². The highest BCUT2D eigenvalue weighted by Gasteiger charge is 2.07. The predicted octanol–water partition coefficient (Wildman–Crippen LogP) is 3.61. The highest BCUT2D eigenvalue weighted by atomic mass is 35.5.